The fourth-order valence-electron chi connectivity index (χ4n) is 4.56. The maximum absolute atomic E-state index is 13.4. The van der Waals surface area contributed by atoms with Crippen molar-refractivity contribution in [2.45, 2.75) is 32.1 Å². The van der Waals surface area contributed by atoms with Crippen LogP contribution in [0.25, 0.3) is 0 Å². The summed E-state index contributed by atoms with van der Waals surface area (Å²) in [5, 5.41) is 25.9. The normalized spacial score (nSPS) is 27.0. The molecule has 5 rings (SSSR count). The minimum Gasteiger partial charge on any atom is -0.620 e. The Morgan fingerprint density at radius 1 is 1.41 bits per heavy atom. The zero-order chi connectivity index (χ0) is 23.0. The number of hydroxylamine groups is 2. The highest BCUT2D eigenvalue weighted by Gasteiger charge is 2.57. The monoisotopic (exact) mass is 438 g/mol. The number of fused-ring (bicyclic) bond motifs is 5. The molecule has 0 spiro atoms. The van der Waals surface area contributed by atoms with Gasteiger partial charge in [-0.25, -0.2) is 18.6 Å². The van der Waals surface area contributed by atoms with Gasteiger partial charge in [-0.15, -0.1) is 0 Å². The van der Waals surface area contributed by atoms with Crippen LogP contribution in [0.15, 0.2) is 35.7 Å². The molecule has 3 heterocycles. The van der Waals surface area contributed by atoms with Crippen molar-refractivity contribution in [2.75, 3.05) is 19.0 Å². The first kappa shape index (κ1) is 20.5. The highest BCUT2D eigenvalue weighted by atomic mass is 19.3. The molecule has 3 atom stereocenters. The third kappa shape index (κ3) is 2.83. The van der Waals surface area contributed by atoms with Crippen LogP contribution in [0.3, 0.4) is 0 Å². The van der Waals surface area contributed by atoms with Crippen LogP contribution in [0, 0.1) is 29.4 Å². The van der Waals surface area contributed by atoms with Gasteiger partial charge in [-0.05, 0) is 25.5 Å². The Morgan fingerprint density at radius 3 is 2.78 bits per heavy atom. The van der Waals surface area contributed by atoms with Crippen LogP contribution in [-0.2, 0) is 4.79 Å². The van der Waals surface area contributed by atoms with E-state index >= 15 is 0 Å². The summed E-state index contributed by atoms with van der Waals surface area (Å²) in [5.41, 5.74) is 3.82. The third-order valence-electron chi connectivity index (χ3n) is 6.49. The number of pyridine rings is 1. The summed E-state index contributed by atoms with van der Waals surface area (Å²) in [6.45, 7) is 3.38. The summed E-state index contributed by atoms with van der Waals surface area (Å²) in [7, 11) is 1.25. The number of hydrogen-bond donors (Lipinski definition) is 1. The predicted molar refractivity (Wildman–Crippen MR) is 113 cm³/mol. The number of halogens is 2. The minimum atomic E-state index is -2.73. The number of nitriles is 1. The Bertz CT molecular complexity index is 1260. The van der Waals surface area contributed by atoms with E-state index in [1.54, 1.807) is 25.3 Å². The number of allylic oxidation sites excluding steroid dienone is 1. The number of benzene rings is 1. The Kier molecular flexibility index (Phi) is 4.22. The van der Waals surface area contributed by atoms with Gasteiger partial charge in [-0.2, -0.15) is 5.26 Å². The van der Waals surface area contributed by atoms with E-state index in [2.05, 4.69) is 10.3 Å². The Morgan fingerprint density at radius 2 is 2.12 bits per heavy atom. The molecule has 1 aromatic heterocycles. The molecule has 2 aromatic rings. The van der Waals surface area contributed by atoms with Crippen LogP contribution in [0.4, 0.5) is 20.2 Å². The summed E-state index contributed by atoms with van der Waals surface area (Å²) in [5.74, 6) is -4.76. The van der Waals surface area contributed by atoms with Crippen LogP contribution >= 0.6 is 0 Å². The number of quaternary nitrogens is 1. The van der Waals surface area contributed by atoms with Gasteiger partial charge in [0.05, 0.1) is 53.9 Å². The van der Waals surface area contributed by atoms with E-state index in [0.29, 0.717) is 22.5 Å². The van der Waals surface area contributed by atoms with Crippen molar-refractivity contribution in [2.24, 2.45) is 5.92 Å². The molecule has 9 heteroatoms. The van der Waals surface area contributed by atoms with Crippen molar-refractivity contribution in [1.82, 2.24) is 9.63 Å². The molecule has 1 saturated carbocycles. The fourth-order valence-corrected chi connectivity index (χ4v) is 4.56. The molecule has 1 aliphatic carbocycles. The van der Waals surface area contributed by atoms with Gasteiger partial charge in [-0.3, -0.25) is 4.65 Å². The quantitative estimate of drug-likeness (QED) is 0.572. The number of aryl methyl sites for hydroxylation is 1. The number of carbonyl (C=O) groups excluding carboxylic acids is 1. The summed E-state index contributed by atoms with van der Waals surface area (Å²) >= 11 is 0. The molecular formula is C23H20F2N4O3. The number of carbonyl (C=O) groups is 1. The van der Waals surface area contributed by atoms with E-state index < -0.39 is 28.3 Å². The largest absolute Gasteiger partial charge is 0.620 e. The van der Waals surface area contributed by atoms with Crippen molar-refractivity contribution >= 4 is 17.3 Å². The number of anilines is 1. The lowest BCUT2D eigenvalue weighted by molar-refractivity contribution is -0.123. The van der Waals surface area contributed by atoms with E-state index in [9.17, 15) is 24.0 Å². The molecule has 1 aromatic carbocycles. The first-order valence-electron chi connectivity index (χ1n) is 10.2. The number of nitrogens with zero attached hydrogens (tertiary/aromatic N) is 3. The van der Waals surface area contributed by atoms with E-state index in [-0.39, 0.29) is 35.7 Å². The molecule has 1 N–H and O–H groups in total. The van der Waals surface area contributed by atoms with Gasteiger partial charge in [-0.1, -0.05) is 6.07 Å². The summed E-state index contributed by atoms with van der Waals surface area (Å²) in [4.78, 5) is 17.7. The summed E-state index contributed by atoms with van der Waals surface area (Å²) < 4.78 is 31.3. The fraction of sp³-hybridized carbons (Fsp3) is 0.348. The van der Waals surface area contributed by atoms with Crippen LogP contribution in [0.2, 0.25) is 0 Å². The molecule has 0 saturated heterocycles. The maximum atomic E-state index is 13.4. The number of amides is 1. The van der Waals surface area contributed by atoms with E-state index in [1.807, 2.05) is 13.0 Å². The van der Waals surface area contributed by atoms with Crippen molar-refractivity contribution in [3.05, 3.63) is 63.1 Å². The number of alkyl halides is 2. The standard InChI is InChI=1S/C23H20F2N4O3/c1-11-9-27-21(32-10-14-7-23(14,24)25)19-18-15-5-4-13(8-26)6-16(15)29(3,31)22(30)17(18)12(2)28-20(11)19/h4-6,9,14,18,28H,7,10H2,1-3H3/t14?,18-,29?/m0/s1. The molecular weight excluding hydrogens is 418 g/mol. The van der Waals surface area contributed by atoms with Crippen molar-refractivity contribution in [3.8, 4) is 11.9 Å². The summed E-state index contributed by atoms with van der Waals surface area (Å²) in [6.07, 6.45) is 1.36. The van der Waals surface area contributed by atoms with Crippen molar-refractivity contribution < 1.29 is 18.3 Å². The molecule has 3 aliphatic rings. The molecule has 32 heavy (non-hydrogen) atoms. The minimum absolute atomic E-state index is 0.154. The second-order valence-corrected chi connectivity index (χ2v) is 8.72. The number of aromatic nitrogens is 1. The number of likely N-dealkylation sites (N-methyl/N-ethyl adjacent to an activating group) is 1. The van der Waals surface area contributed by atoms with Gasteiger partial charge in [0.15, 0.2) is 0 Å². The van der Waals surface area contributed by atoms with Crippen LogP contribution in [0.5, 0.6) is 5.88 Å². The van der Waals surface area contributed by atoms with Gasteiger partial charge in [0.1, 0.15) is 5.69 Å². The van der Waals surface area contributed by atoms with Gasteiger partial charge >= 0.3 is 5.91 Å². The molecule has 0 bridgehead atoms. The van der Waals surface area contributed by atoms with Gasteiger partial charge in [0.2, 0.25) is 5.88 Å². The molecule has 2 aliphatic heterocycles. The zero-order valence-corrected chi connectivity index (χ0v) is 17.7. The highest BCUT2D eigenvalue weighted by molar-refractivity contribution is 6.09. The highest BCUT2D eigenvalue weighted by Crippen LogP contribution is 2.54. The Hall–Kier alpha value is -3.35. The molecule has 0 radical (unpaired) electrons. The van der Waals surface area contributed by atoms with Gasteiger partial charge in [0, 0.05) is 29.9 Å². The lowest BCUT2D eigenvalue weighted by atomic mass is 9.76. The van der Waals surface area contributed by atoms with Crippen LogP contribution in [0.1, 0.15) is 41.5 Å². The lowest BCUT2D eigenvalue weighted by Gasteiger charge is -2.45. The molecule has 7 nitrogen and oxygen atoms in total. The van der Waals surface area contributed by atoms with Crippen molar-refractivity contribution in [1.29, 1.82) is 5.26 Å². The smallest absolute Gasteiger partial charge is 0.349 e. The SMILES string of the molecule is CC1=C2C(=O)[N+](C)([O-])c3cc(C#N)ccc3[C@@H]2c2c(OCC3CC3(F)F)ncc(C)c2N1. The molecule has 2 unspecified atom stereocenters. The van der Waals surface area contributed by atoms with Crippen molar-refractivity contribution in [3.63, 3.8) is 0 Å². The van der Waals surface area contributed by atoms with E-state index in [0.717, 1.165) is 5.56 Å². The van der Waals surface area contributed by atoms with Crippen LogP contribution in [-0.4, -0.2) is 30.5 Å². The van der Waals surface area contributed by atoms with Crippen LogP contribution < -0.4 is 14.7 Å². The predicted octanol–water partition coefficient (Wildman–Crippen LogP) is 4.10. The Balaban J connectivity index is 1.71. The van der Waals surface area contributed by atoms with Gasteiger partial charge < -0.3 is 15.3 Å². The second kappa shape index (κ2) is 6.58. The zero-order valence-electron chi connectivity index (χ0n) is 17.7. The maximum Gasteiger partial charge on any atom is 0.349 e. The van der Waals surface area contributed by atoms with Gasteiger partial charge in [0.25, 0.3) is 5.92 Å². The average Bonchev–Trinajstić information content (AvgIpc) is 3.37. The molecule has 164 valence electrons. The first-order chi connectivity index (χ1) is 15.1. The summed E-state index contributed by atoms with van der Waals surface area (Å²) in [6, 6.07) is 6.70. The number of rotatable bonds is 3. The number of hydrogen-bond acceptors (Lipinski definition) is 6. The molecule has 1 amide bonds. The number of ether oxygens (including phenoxy) is 1. The third-order valence-corrected chi connectivity index (χ3v) is 6.49. The Labute approximate surface area is 183 Å². The molecule has 1 fully saturated rings. The topological polar surface area (TPSA) is 98.1 Å². The number of nitrogens with one attached hydrogen (secondary N) is 1. The lowest BCUT2D eigenvalue weighted by Crippen LogP contribution is -2.51. The van der Waals surface area contributed by atoms with E-state index in [1.165, 1.54) is 13.1 Å². The second-order valence-electron chi connectivity index (χ2n) is 8.72. The first-order valence-corrected chi connectivity index (χ1v) is 10.2. The average molecular weight is 438 g/mol. The van der Waals surface area contributed by atoms with E-state index in [4.69, 9.17) is 4.74 Å².